The van der Waals surface area contributed by atoms with E-state index in [4.69, 9.17) is 11.5 Å². The number of halogens is 1. The molecule has 1 aromatic heterocycles. The van der Waals surface area contributed by atoms with E-state index in [0.29, 0.717) is 12.3 Å². The van der Waals surface area contributed by atoms with Crippen molar-refractivity contribution in [2.45, 2.75) is 44.7 Å². The van der Waals surface area contributed by atoms with E-state index in [9.17, 15) is 4.79 Å². The number of rotatable bonds is 6. The van der Waals surface area contributed by atoms with Gasteiger partial charge < -0.3 is 11.5 Å². The Hall–Kier alpha value is -0.430. The second-order valence-corrected chi connectivity index (χ2v) is 8.30. The summed E-state index contributed by atoms with van der Waals surface area (Å²) in [6.07, 6.45) is 3.54. The predicted octanol–water partition coefficient (Wildman–Crippen LogP) is 2.88. The van der Waals surface area contributed by atoms with Crippen molar-refractivity contribution >= 4 is 33.2 Å². The van der Waals surface area contributed by atoms with Crippen molar-refractivity contribution in [1.82, 2.24) is 4.90 Å². The van der Waals surface area contributed by atoms with Gasteiger partial charge in [-0.2, -0.15) is 0 Å². The van der Waals surface area contributed by atoms with Gasteiger partial charge in [-0.05, 0) is 66.3 Å². The molecule has 2 atom stereocenters. The van der Waals surface area contributed by atoms with E-state index in [0.717, 1.165) is 36.1 Å². The van der Waals surface area contributed by atoms with Crippen LogP contribution in [0.15, 0.2) is 15.9 Å². The van der Waals surface area contributed by atoms with Crippen molar-refractivity contribution in [3.63, 3.8) is 0 Å². The van der Waals surface area contributed by atoms with Crippen LogP contribution in [0, 0.1) is 5.92 Å². The van der Waals surface area contributed by atoms with Gasteiger partial charge in [0, 0.05) is 17.3 Å². The topological polar surface area (TPSA) is 72.3 Å². The number of thiophene rings is 1. The summed E-state index contributed by atoms with van der Waals surface area (Å²) in [5.74, 6) is 0.254. The van der Waals surface area contributed by atoms with Crippen LogP contribution in [0.2, 0.25) is 0 Å². The van der Waals surface area contributed by atoms with E-state index in [2.05, 4.69) is 39.9 Å². The average Bonchev–Trinajstić information content (AvgIpc) is 2.86. The van der Waals surface area contributed by atoms with Gasteiger partial charge >= 0.3 is 0 Å². The van der Waals surface area contributed by atoms with Gasteiger partial charge in [-0.15, -0.1) is 11.3 Å². The van der Waals surface area contributed by atoms with Gasteiger partial charge in [0.15, 0.2) is 0 Å². The van der Waals surface area contributed by atoms with Gasteiger partial charge in [0.05, 0.1) is 9.83 Å². The Balaban J connectivity index is 2.04. The van der Waals surface area contributed by atoms with Crippen molar-refractivity contribution in [3.05, 3.63) is 20.8 Å². The third kappa shape index (κ3) is 4.52. The van der Waals surface area contributed by atoms with Gasteiger partial charge in [-0.25, -0.2) is 0 Å². The maximum atomic E-state index is 11.0. The molecular weight excluding hydrogens is 350 g/mol. The van der Waals surface area contributed by atoms with Gasteiger partial charge in [0.25, 0.3) is 0 Å². The quantitative estimate of drug-likeness (QED) is 0.804. The SMILES string of the molecule is CCC(N)C(c1ccc(Br)s1)N1CCC(CC(N)=O)CC1. The minimum absolute atomic E-state index is 0.142. The number of amides is 1. The van der Waals surface area contributed by atoms with Crippen molar-refractivity contribution < 1.29 is 4.79 Å². The molecule has 21 heavy (non-hydrogen) atoms. The van der Waals surface area contributed by atoms with Crippen molar-refractivity contribution in [1.29, 1.82) is 0 Å². The fourth-order valence-corrected chi connectivity index (χ4v) is 4.73. The Morgan fingerprint density at radius 2 is 2.14 bits per heavy atom. The van der Waals surface area contributed by atoms with Gasteiger partial charge in [0.1, 0.15) is 0 Å². The summed E-state index contributed by atoms with van der Waals surface area (Å²) in [6, 6.07) is 4.68. The summed E-state index contributed by atoms with van der Waals surface area (Å²) in [5.41, 5.74) is 11.7. The Kier molecular flexibility index (Phi) is 6.22. The number of likely N-dealkylation sites (tertiary alicyclic amines) is 1. The number of carbonyl (C=O) groups excluding carboxylic acids is 1. The molecule has 2 rings (SSSR count). The number of hydrogen-bond acceptors (Lipinski definition) is 4. The Morgan fingerprint density at radius 3 is 2.62 bits per heavy atom. The Bertz CT molecular complexity index is 471. The lowest BCUT2D eigenvalue weighted by molar-refractivity contribution is -0.119. The smallest absolute Gasteiger partial charge is 0.217 e. The fourth-order valence-electron chi connectivity index (χ4n) is 3.09. The highest BCUT2D eigenvalue weighted by molar-refractivity contribution is 9.11. The summed E-state index contributed by atoms with van der Waals surface area (Å²) in [5, 5.41) is 0. The molecule has 0 radical (unpaired) electrons. The average molecular weight is 374 g/mol. The van der Waals surface area contributed by atoms with Crippen molar-refractivity contribution in [2.75, 3.05) is 13.1 Å². The molecule has 1 aliphatic rings. The molecule has 1 amide bonds. The molecule has 1 fully saturated rings. The van der Waals surface area contributed by atoms with E-state index in [-0.39, 0.29) is 18.0 Å². The molecule has 0 spiro atoms. The van der Waals surface area contributed by atoms with E-state index in [1.807, 2.05) is 0 Å². The number of nitrogens with two attached hydrogens (primary N) is 2. The normalized spacial score (nSPS) is 20.3. The highest BCUT2D eigenvalue weighted by Crippen LogP contribution is 2.35. The molecule has 0 aliphatic carbocycles. The van der Waals surface area contributed by atoms with Crippen LogP contribution in [0.5, 0.6) is 0 Å². The molecule has 118 valence electrons. The second kappa shape index (κ2) is 7.72. The van der Waals surface area contributed by atoms with Gasteiger partial charge in [-0.1, -0.05) is 6.92 Å². The lowest BCUT2D eigenvalue weighted by Crippen LogP contribution is -2.44. The van der Waals surface area contributed by atoms with Crippen LogP contribution in [0.4, 0.5) is 0 Å². The maximum Gasteiger partial charge on any atom is 0.217 e. The lowest BCUT2D eigenvalue weighted by Gasteiger charge is -2.39. The predicted molar refractivity (Wildman–Crippen MR) is 91.1 cm³/mol. The molecule has 0 bridgehead atoms. The minimum atomic E-state index is -0.183. The number of piperidine rings is 1. The lowest BCUT2D eigenvalue weighted by atomic mass is 9.91. The number of hydrogen-bond donors (Lipinski definition) is 2. The van der Waals surface area contributed by atoms with Gasteiger partial charge in [0.2, 0.25) is 5.91 Å². The Morgan fingerprint density at radius 1 is 1.48 bits per heavy atom. The monoisotopic (exact) mass is 373 g/mol. The third-order valence-corrected chi connectivity index (χ3v) is 5.99. The van der Waals surface area contributed by atoms with E-state index < -0.39 is 0 Å². The van der Waals surface area contributed by atoms with Crippen LogP contribution in [0.3, 0.4) is 0 Å². The first-order chi connectivity index (χ1) is 10.0. The van der Waals surface area contributed by atoms with Crippen LogP contribution in [-0.2, 0) is 4.79 Å². The fraction of sp³-hybridized carbons (Fsp3) is 0.667. The molecule has 0 saturated carbocycles. The summed E-state index contributed by atoms with van der Waals surface area (Å²) in [4.78, 5) is 14.8. The van der Waals surface area contributed by atoms with Crippen LogP contribution in [0.1, 0.15) is 43.5 Å². The standard InChI is InChI=1S/C15H24BrN3OS/c1-2-11(17)15(12-3-4-13(16)21-12)19-7-5-10(6-8-19)9-14(18)20/h3-4,10-11,15H,2,5-9,17H2,1H3,(H2,18,20). The molecule has 1 aromatic rings. The summed E-state index contributed by atoms with van der Waals surface area (Å²) >= 11 is 5.31. The summed E-state index contributed by atoms with van der Waals surface area (Å²) < 4.78 is 1.15. The number of carbonyl (C=O) groups is 1. The van der Waals surface area contributed by atoms with Crippen LogP contribution in [0.25, 0.3) is 0 Å². The number of primary amides is 1. The summed E-state index contributed by atoms with van der Waals surface area (Å²) in [6.45, 7) is 4.12. The van der Waals surface area contributed by atoms with Crippen molar-refractivity contribution in [3.8, 4) is 0 Å². The third-order valence-electron chi connectivity index (χ3n) is 4.29. The number of nitrogens with zero attached hydrogens (tertiary/aromatic N) is 1. The molecular formula is C15H24BrN3OS. The molecule has 4 nitrogen and oxygen atoms in total. The largest absolute Gasteiger partial charge is 0.370 e. The minimum Gasteiger partial charge on any atom is -0.370 e. The first-order valence-corrected chi connectivity index (χ1v) is 9.15. The second-order valence-electron chi connectivity index (χ2n) is 5.81. The molecule has 1 saturated heterocycles. The first-order valence-electron chi connectivity index (χ1n) is 7.54. The zero-order chi connectivity index (χ0) is 15.4. The van der Waals surface area contributed by atoms with Crippen LogP contribution < -0.4 is 11.5 Å². The maximum absolute atomic E-state index is 11.0. The summed E-state index contributed by atoms with van der Waals surface area (Å²) in [7, 11) is 0. The molecule has 4 N–H and O–H groups in total. The zero-order valence-corrected chi connectivity index (χ0v) is 14.8. The zero-order valence-electron chi connectivity index (χ0n) is 12.4. The molecule has 0 aromatic carbocycles. The molecule has 1 aliphatic heterocycles. The first kappa shape index (κ1) is 16.9. The molecule has 2 unspecified atom stereocenters. The van der Waals surface area contributed by atoms with Crippen LogP contribution in [-0.4, -0.2) is 29.9 Å². The highest BCUT2D eigenvalue weighted by atomic mass is 79.9. The molecule has 2 heterocycles. The Labute approximate surface area is 139 Å². The molecule has 6 heteroatoms. The van der Waals surface area contributed by atoms with Crippen molar-refractivity contribution in [2.24, 2.45) is 17.4 Å². The van der Waals surface area contributed by atoms with Gasteiger partial charge in [-0.3, -0.25) is 9.69 Å². The van der Waals surface area contributed by atoms with Crippen LogP contribution >= 0.6 is 27.3 Å². The van der Waals surface area contributed by atoms with E-state index in [1.165, 1.54) is 4.88 Å². The highest BCUT2D eigenvalue weighted by Gasteiger charge is 2.30. The van der Waals surface area contributed by atoms with E-state index in [1.54, 1.807) is 11.3 Å². The van der Waals surface area contributed by atoms with E-state index >= 15 is 0 Å².